The van der Waals surface area contributed by atoms with Crippen LogP contribution in [0.5, 0.6) is 0 Å². The number of likely N-dealkylation sites (N-methyl/N-ethyl adjacent to an activating group) is 1. The van der Waals surface area contributed by atoms with Crippen LogP contribution in [0.15, 0.2) is 53.4 Å². The number of anilines is 1. The minimum atomic E-state index is -3.68. The van der Waals surface area contributed by atoms with E-state index in [-0.39, 0.29) is 35.4 Å². The fourth-order valence-corrected chi connectivity index (χ4v) is 9.28. The Kier molecular flexibility index (Phi) is 8.36. The van der Waals surface area contributed by atoms with Crippen molar-refractivity contribution in [3.8, 4) is 10.6 Å². The number of benzene rings is 2. The standard InChI is InChI=1S/C28H30N4O4S3.ClH/c1-17-14-32(15-18(2)36-17)39(34,35)20-10-8-19(9-11-20)26(33)30-28-25(21-12-13-31(3)16-24(21)38-28)27-29-22-6-4-5-7-23(22)37-27;/h4-11,17-18H,12-16H2,1-3H3,(H,30,33);1H. The molecular weight excluding hydrogens is 588 g/mol. The van der Waals surface area contributed by atoms with Gasteiger partial charge in [0.05, 0.1) is 27.3 Å². The summed E-state index contributed by atoms with van der Waals surface area (Å²) < 4.78 is 34.7. The van der Waals surface area contributed by atoms with Crippen molar-refractivity contribution in [3.63, 3.8) is 0 Å². The van der Waals surface area contributed by atoms with Gasteiger partial charge < -0.3 is 15.0 Å². The summed E-state index contributed by atoms with van der Waals surface area (Å²) in [7, 11) is -1.58. The average molecular weight is 619 g/mol. The number of nitrogens with one attached hydrogen (secondary N) is 1. The van der Waals surface area contributed by atoms with E-state index in [1.807, 2.05) is 32.0 Å². The van der Waals surface area contributed by atoms with Crippen molar-refractivity contribution >= 4 is 66.2 Å². The number of hydrogen-bond donors (Lipinski definition) is 1. The largest absolute Gasteiger partial charge is 0.373 e. The van der Waals surface area contributed by atoms with Crippen LogP contribution in [0.3, 0.4) is 0 Å². The second kappa shape index (κ2) is 11.5. The number of amides is 1. The molecule has 4 aromatic rings. The van der Waals surface area contributed by atoms with Gasteiger partial charge in [-0.3, -0.25) is 4.79 Å². The van der Waals surface area contributed by atoms with E-state index in [0.717, 1.165) is 45.3 Å². The van der Waals surface area contributed by atoms with Crippen molar-refractivity contribution in [1.29, 1.82) is 0 Å². The third-order valence-corrected chi connectivity index (χ3v) is 11.2. The van der Waals surface area contributed by atoms with Crippen LogP contribution in [0.1, 0.15) is 34.6 Å². The predicted molar refractivity (Wildman–Crippen MR) is 163 cm³/mol. The molecule has 12 heteroatoms. The number of para-hydroxylation sites is 1. The number of nitrogens with zero attached hydrogens (tertiary/aromatic N) is 3. The average Bonchev–Trinajstić information content (AvgIpc) is 3.48. The zero-order chi connectivity index (χ0) is 27.3. The summed E-state index contributed by atoms with van der Waals surface area (Å²) in [6.07, 6.45) is 0.554. The monoisotopic (exact) mass is 618 g/mol. The number of thiazole rings is 1. The Hall–Kier alpha value is -2.38. The number of ether oxygens (including phenoxy) is 1. The first-order chi connectivity index (χ1) is 18.7. The Morgan fingerprint density at radius 2 is 1.75 bits per heavy atom. The highest BCUT2D eigenvalue weighted by Crippen LogP contribution is 2.45. The number of morpholine rings is 1. The van der Waals surface area contributed by atoms with Gasteiger partial charge in [0, 0.05) is 42.2 Å². The Bertz CT molecular complexity index is 1610. The molecule has 0 spiro atoms. The van der Waals surface area contributed by atoms with Crippen LogP contribution in [-0.4, -0.2) is 67.4 Å². The first-order valence-corrected chi connectivity index (χ1v) is 16.0. The predicted octanol–water partition coefficient (Wildman–Crippen LogP) is 5.48. The van der Waals surface area contributed by atoms with Gasteiger partial charge >= 0.3 is 0 Å². The number of aromatic nitrogens is 1. The summed E-state index contributed by atoms with van der Waals surface area (Å²) in [5, 5.41) is 4.82. The molecule has 1 fully saturated rings. The van der Waals surface area contributed by atoms with Crippen molar-refractivity contribution in [2.45, 2.75) is 43.9 Å². The van der Waals surface area contributed by atoms with Crippen molar-refractivity contribution in [3.05, 3.63) is 64.5 Å². The highest BCUT2D eigenvalue weighted by atomic mass is 35.5. The van der Waals surface area contributed by atoms with Gasteiger partial charge in [0.2, 0.25) is 10.0 Å². The van der Waals surface area contributed by atoms with Gasteiger partial charge in [-0.1, -0.05) is 12.1 Å². The topological polar surface area (TPSA) is 91.8 Å². The third kappa shape index (κ3) is 5.56. The lowest BCUT2D eigenvalue weighted by atomic mass is 10.0. The molecule has 0 radical (unpaired) electrons. The molecule has 4 heterocycles. The van der Waals surface area contributed by atoms with Crippen molar-refractivity contribution in [2.24, 2.45) is 0 Å². The van der Waals surface area contributed by atoms with E-state index in [9.17, 15) is 13.2 Å². The fraction of sp³-hybridized carbons (Fsp3) is 0.357. The highest BCUT2D eigenvalue weighted by molar-refractivity contribution is 7.89. The molecule has 2 unspecified atom stereocenters. The van der Waals surface area contributed by atoms with Crippen molar-refractivity contribution < 1.29 is 17.9 Å². The van der Waals surface area contributed by atoms with Crippen LogP contribution in [0.25, 0.3) is 20.8 Å². The number of sulfonamides is 1. The summed E-state index contributed by atoms with van der Waals surface area (Å²) in [5.74, 6) is -0.276. The van der Waals surface area contributed by atoms with Crippen LogP contribution < -0.4 is 5.32 Å². The number of fused-ring (bicyclic) bond motifs is 2. The molecule has 1 N–H and O–H groups in total. The number of thiophene rings is 1. The fourth-order valence-electron chi connectivity index (χ4n) is 5.25. The Labute approximate surface area is 248 Å². The summed E-state index contributed by atoms with van der Waals surface area (Å²) >= 11 is 3.23. The number of rotatable bonds is 5. The van der Waals surface area contributed by atoms with Gasteiger partial charge in [-0.25, -0.2) is 13.4 Å². The van der Waals surface area contributed by atoms with E-state index >= 15 is 0 Å². The molecule has 212 valence electrons. The molecule has 0 saturated carbocycles. The van der Waals surface area contributed by atoms with Crippen LogP contribution in [0.2, 0.25) is 0 Å². The zero-order valence-electron chi connectivity index (χ0n) is 22.4. The lowest BCUT2D eigenvalue weighted by Crippen LogP contribution is -2.48. The first kappa shape index (κ1) is 29.1. The number of halogens is 1. The third-order valence-electron chi connectivity index (χ3n) is 7.12. The van der Waals surface area contributed by atoms with E-state index in [1.54, 1.807) is 34.8 Å². The van der Waals surface area contributed by atoms with Gasteiger partial charge in [-0.15, -0.1) is 35.1 Å². The molecule has 2 aliphatic heterocycles. The molecule has 2 aromatic carbocycles. The minimum absolute atomic E-state index is 0. The van der Waals surface area contributed by atoms with E-state index in [2.05, 4.69) is 23.3 Å². The lowest BCUT2D eigenvalue weighted by Gasteiger charge is -2.34. The maximum Gasteiger partial charge on any atom is 0.256 e. The van der Waals surface area contributed by atoms with E-state index < -0.39 is 10.0 Å². The van der Waals surface area contributed by atoms with E-state index in [1.165, 1.54) is 26.9 Å². The Morgan fingerprint density at radius 3 is 2.45 bits per heavy atom. The van der Waals surface area contributed by atoms with Crippen LogP contribution in [0, 0.1) is 0 Å². The molecule has 6 rings (SSSR count). The molecule has 8 nitrogen and oxygen atoms in total. The Morgan fingerprint density at radius 1 is 1.05 bits per heavy atom. The second-order valence-corrected chi connectivity index (χ2v) is 14.3. The molecule has 0 bridgehead atoms. The molecular formula is C28H31ClN4O4S3. The summed E-state index contributed by atoms with van der Waals surface area (Å²) in [6, 6.07) is 14.2. The maximum atomic E-state index is 13.4. The molecule has 1 saturated heterocycles. The molecule has 2 aromatic heterocycles. The normalized spacial score (nSPS) is 20.2. The van der Waals surface area contributed by atoms with Crippen LogP contribution in [-0.2, 0) is 27.7 Å². The molecule has 0 aliphatic carbocycles. The first-order valence-electron chi connectivity index (χ1n) is 12.9. The molecule has 1 amide bonds. The number of hydrogen-bond acceptors (Lipinski definition) is 8. The van der Waals surface area contributed by atoms with Gasteiger partial charge in [0.15, 0.2) is 0 Å². The molecule has 2 atom stereocenters. The highest BCUT2D eigenvalue weighted by Gasteiger charge is 2.32. The van der Waals surface area contributed by atoms with E-state index in [0.29, 0.717) is 18.7 Å². The second-order valence-electron chi connectivity index (χ2n) is 10.2. The van der Waals surface area contributed by atoms with Crippen molar-refractivity contribution in [1.82, 2.24) is 14.2 Å². The zero-order valence-corrected chi connectivity index (χ0v) is 25.7. The van der Waals surface area contributed by atoms with Gasteiger partial charge in [0.25, 0.3) is 5.91 Å². The summed E-state index contributed by atoms with van der Waals surface area (Å²) in [6.45, 7) is 6.14. The number of carbonyl (C=O) groups is 1. The van der Waals surface area contributed by atoms with Crippen LogP contribution in [0.4, 0.5) is 5.00 Å². The van der Waals surface area contributed by atoms with Crippen LogP contribution >= 0.6 is 35.1 Å². The van der Waals surface area contributed by atoms with Gasteiger partial charge in [0.1, 0.15) is 10.0 Å². The lowest BCUT2D eigenvalue weighted by molar-refractivity contribution is -0.0440. The SMILES string of the molecule is CC1CN(S(=O)(=O)c2ccc(C(=O)Nc3sc4c(c3-c3nc5ccccc5s3)CCN(C)C4)cc2)CC(C)O1.Cl. The van der Waals surface area contributed by atoms with Gasteiger partial charge in [-0.2, -0.15) is 4.31 Å². The van der Waals surface area contributed by atoms with E-state index in [4.69, 9.17) is 9.72 Å². The summed E-state index contributed by atoms with van der Waals surface area (Å²) in [5.41, 5.74) is 3.61. The quantitative estimate of drug-likeness (QED) is 0.318. The smallest absolute Gasteiger partial charge is 0.256 e. The summed E-state index contributed by atoms with van der Waals surface area (Å²) in [4.78, 5) is 22.0. The molecule has 40 heavy (non-hydrogen) atoms. The maximum absolute atomic E-state index is 13.4. The van der Waals surface area contributed by atoms with Gasteiger partial charge in [-0.05, 0) is 69.3 Å². The molecule has 2 aliphatic rings. The number of carbonyl (C=O) groups excluding carboxylic acids is 1. The minimum Gasteiger partial charge on any atom is -0.373 e. The Balaban J connectivity index is 0.00000323. The van der Waals surface area contributed by atoms with Crippen molar-refractivity contribution in [2.75, 3.05) is 32.0 Å².